The summed E-state index contributed by atoms with van der Waals surface area (Å²) in [6, 6.07) is 6.46. The number of aromatic nitrogens is 5. The zero-order valence-electron chi connectivity index (χ0n) is 31.5. The first-order chi connectivity index (χ1) is 29.4. The molecule has 0 aliphatic carbocycles. The number of nitrogens with two attached hydrogens (primary N) is 2. The normalized spacial score (nSPS) is 25.4. The number of azide groups is 1. The van der Waals surface area contributed by atoms with Gasteiger partial charge in [-0.1, -0.05) is 11.2 Å². The number of pyridine rings is 1. The Hall–Kier alpha value is -5.77. The summed E-state index contributed by atoms with van der Waals surface area (Å²) in [5, 5.41) is 50.0. The fraction of sp³-hybridized carbons (Fsp3) is 0.419. The summed E-state index contributed by atoms with van der Waals surface area (Å²) in [5.41, 5.74) is 19.6. The van der Waals surface area contributed by atoms with Crippen LogP contribution in [0.15, 0.2) is 60.5 Å². The first kappa shape index (κ1) is 45.7. The minimum atomic E-state index is -5.78. The van der Waals surface area contributed by atoms with E-state index in [2.05, 4.69) is 39.1 Å². The zero-order chi connectivity index (χ0) is 44.9. The molecule has 62 heavy (non-hydrogen) atoms. The summed E-state index contributed by atoms with van der Waals surface area (Å²) < 4.78 is 58.7. The number of imidazole rings is 1. The Kier molecular flexibility index (Phi) is 14.1. The summed E-state index contributed by atoms with van der Waals surface area (Å²) in [5.74, 6) is -1.78. The number of hydrogen-bond donors (Lipinski definition) is 7. The van der Waals surface area contributed by atoms with Gasteiger partial charge < -0.3 is 60.6 Å². The number of amides is 1. The van der Waals surface area contributed by atoms with Crippen molar-refractivity contribution < 1.29 is 80.9 Å². The van der Waals surface area contributed by atoms with E-state index in [0.717, 1.165) is 12.4 Å². The lowest BCUT2D eigenvalue weighted by atomic mass is 10.1. The van der Waals surface area contributed by atoms with E-state index in [9.17, 15) is 53.9 Å². The summed E-state index contributed by atoms with van der Waals surface area (Å²) in [7, 11) is -11.4. The second kappa shape index (κ2) is 19.1. The SMILES string of the molecule is [N-]=[N+]=Nc1ccc(NCCCC(=O)O[C@H]2[C@@H](O)[C@H](n3cnc4c(N)ncnc43)O[C@@H]2COP(=O)(O)OP(=O)([O-])OC[C@H]2O[C@@H]([n+]3cccc(C(N)=O)c3)[C@H](O)[C@@H]2O)c([N+](=O)[O-])c1. The number of ether oxygens (including phenoxy) is 3. The third kappa shape index (κ3) is 10.6. The third-order valence-electron chi connectivity index (χ3n) is 9.19. The molecule has 29 nitrogen and oxygen atoms in total. The number of aliphatic hydroxyl groups excluding tert-OH is 3. The van der Waals surface area contributed by atoms with Crippen molar-refractivity contribution in [2.45, 2.75) is 61.9 Å². The first-order valence-corrected chi connectivity index (χ1v) is 20.8. The fourth-order valence-electron chi connectivity index (χ4n) is 6.30. The van der Waals surface area contributed by atoms with E-state index in [1.807, 2.05) is 0 Å². The number of rotatable bonds is 19. The number of phosphoric acid groups is 2. The van der Waals surface area contributed by atoms with Crippen LogP contribution in [0.2, 0.25) is 0 Å². The molecule has 10 atom stereocenters. The number of fused-ring (bicyclic) bond motifs is 1. The van der Waals surface area contributed by atoms with Crippen molar-refractivity contribution in [1.29, 1.82) is 0 Å². The standard InChI is InChI=1S/C31H36N12O17P2/c32-27-22-29(37-13-36-27)42(14-38-22)31-25(47)26(59-21(44)4-1-7-35-17-6-5-16(39-40-34)9-18(17)43(49)50)20(58-31)12-56-62(53,54)60-61(51,52)55-11-19-23(45)24(46)30(57-19)41-8-2-3-15(10-41)28(33)48/h2-3,5-6,8-10,13-14,19-20,23-26,30-31,35,45-47H,1,4,7,11-12H2,(H5-,32,33,36,37,48,51,52,53,54)/t19-,20-,23-,24-,25-,26-,30-,31-/m1/s1. The Morgan fingerprint density at radius 1 is 1.10 bits per heavy atom. The number of anilines is 2. The van der Waals surface area contributed by atoms with Gasteiger partial charge in [-0.3, -0.25) is 33.4 Å². The Morgan fingerprint density at radius 2 is 1.85 bits per heavy atom. The van der Waals surface area contributed by atoms with Crippen LogP contribution >= 0.6 is 15.6 Å². The number of nitro groups is 1. The van der Waals surface area contributed by atoms with Gasteiger partial charge in [0.05, 0.1) is 24.5 Å². The van der Waals surface area contributed by atoms with Crippen molar-refractivity contribution in [1.82, 2.24) is 19.5 Å². The van der Waals surface area contributed by atoms with Crippen LogP contribution in [0.1, 0.15) is 35.7 Å². The quantitative estimate of drug-likeness (QED) is 0.00727. The molecule has 332 valence electrons. The van der Waals surface area contributed by atoms with Crippen LogP contribution in [0.3, 0.4) is 0 Å². The molecule has 2 saturated heterocycles. The Bertz CT molecular complexity index is 2480. The first-order valence-electron chi connectivity index (χ1n) is 17.9. The van der Waals surface area contributed by atoms with E-state index in [1.165, 1.54) is 52.1 Å². The third-order valence-corrected chi connectivity index (χ3v) is 11.8. The van der Waals surface area contributed by atoms with Crippen molar-refractivity contribution in [2.24, 2.45) is 10.8 Å². The average molecular weight is 911 g/mol. The molecule has 0 bridgehead atoms. The molecule has 9 N–H and O–H groups in total. The lowest BCUT2D eigenvalue weighted by Crippen LogP contribution is -2.46. The molecular weight excluding hydrogens is 874 g/mol. The number of esters is 1. The van der Waals surface area contributed by atoms with E-state index in [-0.39, 0.29) is 53.3 Å². The number of hydrogen-bond acceptors (Lipinski definition) is 22. The summed E-state index contributed by atoms with van der Waals surface area (Å²) >= 11 is 0. The molecule has 4 aromatic rings. The molecule has 3 aromatic heterocycles. The van der Waals surface area contributed by atoms with Crippen LogP contribution in [0, 0.1) is 10.1 Å². The maximum Gasteiger partial charge on any atom is 0.478 e. The van der Waals surface area contributed by atoms with E-state index in [1.54, 1.807) is 0 Å². The van der Waals surface area contributed by atoms with Crippen LogP contribution in [0.25, 0.3) is 21.6 Å². The summed E-state index contributed by atoms with van der Waals surface area (Å²) in [4.78, 5) is 73.1. The number of carbonyl (C=O) groups excluding carboxylic acids is 2. The second-order valence-electron chi connectivity index (χ2n) is 13.3. The Labute approximate surface area is 346 Å². The number of aliphatic hydroxyl groups is 3. The Balaban J connectivity index is 1.08. The van der Waals surface area contributed by atoms with Crippen molar-refractivity contribution in [3.05, 3.63) is 81.5 Å². The fourth-order valence-corrected chi connectivity index (χ4v) is 8.36. The second-order valence-corrected chi connectivity index (χ2v) is 16.3. The van der Waals surface area contributed by atoms with Crippen LogP contribution in [-0.4, -0.2) is 113 Å². The molecule has 2 aliphatic heterocycles. The minimum Gasteiger partial charge on any atom is -0.756 e. The number of nitro benzene ring substituents is 1. The average Bonchev–Trinajstić information content (AvgIpc) is 3.88. The molecule has 0 spiro atoms. The van der Waals surface area contributed by atoms with Crippen LogP contribution in [0.4, 0.5) is 22.9 Å². The summed E-state index contributed by atoms with van der Waals surface area (Å²) in [6.45, 7) is -2.09. The minimum absolute atomic E-state index is 0.000685. The van der Waals surface area contributed by atoms with Gasteiger partial charge in [0.25, 0.3) is 25.6 Å². The monoisotopic (exact) mass is 910 g/mol. The van der Waals surface area contributed by atoms with Crippen molar-refractivity contribution in [3.8, 4) is 0 Å². The van der Waals surface area contributed by atoms with E-state index >= 15 is 0 Å². The number of benzene rings is 1. The molecule has 1 aromatic carbocycles. The molecule has 1 amide bonds. The van der Waals surface area contributed by atoms with Gasteiger partial charge in [-0.2, -0.15) is 4.57 Å². The van der Waals surface area contributed by atoms with E-state index in [4.69, 9.17) is 35.7 Å². The molecule has 31 heteroatoms. The molecule has 6 rings (SSSR count). The maximum atomic E-state index is 13.0. The van der Waals surface area contributed by atoms with Crippen LogP contribution in [0.5, 0.6) is 0 Å². The van der Waals surface area contributed by atoms with E-state index < -0.39 is 100 Å². The van der Waals surface area contributed by atoms with Crippen molar-refractivity contribution >= 4 is 61.6 Å². The molecule has 0 saturated carbocycles. The molecule has 2 unspecified atom stereocenters. The highest BCUT2D eigenvalue weighted by Crippen LogP contribution is 2.58. The topological polar surface area (TPSA) is 431 Å². The van der Waals surface area contributed by atoms with Crippen LogP contribution in [-0.2, 0) is 41.5 Å². The summed E-state index contributed by atoms with van der Waals surface area (Å²) in [6.07, 6.45) is -8.26. The highest BCUT2D eigenvalue weighted by atomic mass is 31.3. The molecular formula is C31H36N12O17P2. The van der Waals surface area contributed by atoms with Gasteiger partial charge in [0, 0.05) is 35.7 Å². The predicted octanol–water partition coefficient (Wildman–Crippen LogP) is -0.355. The van der Waals surface area contributed by atoms with Gasteiger partial charge >= 0.3 is 13.8 Å². The number of primary amides is 1. The van der Waals surface area contributed by atoms with Crippen molar-refractivity contribution in [2.75, 3.05) is 30.8 Å². The number of carbonyl (C=O) groups is 2. The van der Waals surface area contributed by atoms with Gasteiger partial charge in [-0.15, -0.1) is 0 Å². The van der Waals surface area contributed by atoms with Crippen molar-refractivity contribution in [3.63, 3.8) is 0 Å². The number of nitrogens with zero attached hydrogens (tertiary/aromatic N) is 9. The lowest BCUT2D eigenvalue weighted by Gasteiger charge is -2.27. The molecule has 2 fully saturated rings. The van der Waals surface area contributed by atoms with Gasteiger partial charge in [0.2, 0.25) is 0 Å². The van der Waals surface area contributed by atoms with Gasteiger partial charge in [0.15, 0.2) is 42.3 Å². The largest absolute Gasteiger partial charge is 0.756 e. The number of nitrogen functional groups attached to an aromatic ring is 1. The van der Waals surface area contributed by atoms with Gasteiger partial charge in [-0.05, 0) is 24.1 Å². The Morgan fingerprint density at radius 3 is 2.58 bits per heavy atom. The number of nitrogens with one attached hydrogen (secondary N) is 1. The predicted molar refractivity (Wildman–Crippen MR) is 201 cm³/mol. The van der Waals surface area contributed by atoms with Gasteiger partial charge in [0.1, 0.15) is 47.5 Å². The van der Waals surface area contributed by atoms with Crippen LogP contribution < -0.4 is 26.2 Å². The molecule has 2 aliphatic rings. The lowest BCUT2D eigenvalue weighted by molar-refractivity contribution is -0.765. The van der Waals surface area contributed by atoms with E-state index in [0.29, 0.717) is 0 Å². The maximum absolute atomic E-state index is 13.0. The number of phosphoric ester groups is 2. The molecule has 5 heterocycles. The highest BCUT2D eigenvalue weighted by molar-refractivity contribution is 7.60. The zero-order valence-corrected chi connectivity index (χ0v) is 33.3. The highest BCUT2D eigenvalue weighted by Gasteiger charge is 2.50. The van der Waals surface area contributed by atoms with Gasteiger partial charge in [-0.25, -0.2) is 23.8 Å². The molecule has 0 radical (unpaired) electrons. The smallest absolute Gasteiger partial charge is 0.478 e.